The molecule has 5 heteroatoms. The number of fused-ring (bicyclic) bond motifs is 1. The monoisotopic (exact) mass is 336 g/mol. The van der Waals surface area contributed by atoms with Crippen LogP contribution in [0.25, 0.3) is 10.2 Å². The molecule has 3 aromatic rings. The Morgan fingerprint density at radius 1 is 1.24 bits per heavy atom. The summed E-state index contributed by atoms with van der Waals surface area (Å²) in [6, 6.07) is 9.94. The van der Waals surface area contributed by atoms with Crippen molar-refractivity contribution in [1.29, 1.82) is 0 Å². The van der Waals surface area contributed by atoms with E-state index in [0.717, 1.165) is 28.1 Å². The van der Waals surface area contributed by atoms with E-state index < -0.39 is 0 Å². The zero-order valence-electron chi connectivity index (χ0n) is 11.4. The summed E-state index contributed by atoms with van der Waals surface area (Å²) in [6.45, 7) is 0. The molecule has 0 aliphatic rings. The van der Waals surface area contributed by atoms with Gasteiger partial charge < -0.3 is 5.32 Å². The van der Waals surface area contributed by atoms with Crippen molar-refractivity contribution in [2.24, 2.45) is 0 Å². The lowest BCUT2D eigenvalue weighted by Gasteiger charge is -2.17. The average Bonchev–Trinajstić information content (AvgIpc) is 2.95. The molecule has 21 heavy (non-hydrogen) atoms. The van der Waals surface area contributed by atoms with Crippen LogP contribution in [0, 0.1) is 0 Å². The molecule has 0 aliphatic heterocycles. The number of nitrogens with one attached hydrogen (secondary N) is 1. The number of aromatic nitrogens is 1. The van der Waals surface area contributed by atoms with Crippen LogP contribution in [0.2, 0.25) is 10.0 Å². The first-order valence-corrected chi connectivity index (χ1v) is 8.25. The number of nitrogens with zero attached hydrogens (tertiary/aromatic N) is 1. The lowest BCUT2D eigenvalue weighted by molar-refractivity contribution is 0.591. The smallest absolute Gasteiger partial charge is 0.0809 e. The highest BCUT2D eigenvalue weighted by molar-refractivity contribution is 7.17. The van der Waals surface area contributed by atoms with Crippen molar-refractivity contribution in [2.45, 2.75) is 12.5 Å². The normalized spacial score (nSPS) is 12.7. The molecule has 0 saturated heterocycles. The Morgan fingerprint density at radius 3 is 2.90 bits per heavy atom. The number of hydrogen-bond donors (Lipinski definition) is 1. The number of likely N-dealkylation sites (N-methyl/N-ethyl adjacent to an activating group) is 1. The Balaban J connectivity index is 1.92. The van der Waals surface area contributed by atoms with Gasteiger partial charge in [-0.1, -0.05) is 23.2 Å². The van der Waals surface area contributed by atoms with Crippen LogP contribution in [0.15, 0.2) is 41.9 Å². The van der Waals surface area contributed by atoms with E-state index in [1.165, 1.54) is 4.70 Å². The van der Waals surface area contributed by atoms with E-state index in [0.29, 0.717) is 5.02 Å². The van der Waals surface area contributed by atoms with Gasteiger partial charge in [-0.2, -0.15) is 0 Å². The highest BCUT2D eigenvalue weighted by atomic mass is 35.5. The van der Waals surface area contributed by atoms with Crippen molar-refractivity contribution in [3.63, 3.8) is 0 Å². The lowest BCUT2D eigenvalue weighted by atomic mass is 10.00. The fourth-order valence-electron chi connectivity index (χ4n) is 2.36. The summed E-state index contributed by atoms with van der Waals surface area (Å²) in [5, 5.41) is 6.84. The second-order valence-corrected chi connectivity index (χ2v) is 6.65. The lowest BCUT2D eigenvalue weighted by Crippen LogP contribution is -2.19. The topological polar surface area (TPSA) is 24.9 Å². The SMILES string of the molecule is CNC(Cc1cc(Cl)ccc1Cl)c1cnc2ccsc2c1. The number of pyridine rings is 1. The van der Waals surface area contributed by atoms with Crippen molar-refractivity contribution in [3.05, 3.63) is 63.1 Å². The van der Waals surface area contributed by atoms with Crippen molar-refractivity contribution in [3.8, 4) is 0 Å². The van der Waals surface area contributed by atoms with Gasteiger partial charge in [-0.05, 0) is 60.3 Å². The summed E-state index contributed by atoms with van der Waals surface area (Å²) in [5.41, 5.74) is 3.23. The van der Waals surface area contributed by atoms with Crippen LogP contribution < -0.4 is 5.32 Å². The Morgan fingerprint density at radius 2 is 2.10 bits per heavy atom. The maximum atomic E-state index is 6.26. The molecule has 0 fully saturated rings. The Bertz CT molecular complexity index is 770. The van der Waals surface area contributed by atoms with Gasteiger partial charge in [-0.25, -0.2) is 0 Å². The van der Waals surface area contributed by atoms with Crippen molar-refractivity contribution in [1.82, 2.24) is 10.3 Å². The maximum Gasteiger partial charge on any atom is 0.0809 e. The first kappa shape index (κ1) is 14.8. The number of halogens is 2. The third-order valence-electron chi connectivity index (χ3n) is 3.51. The van der Waals surface area contributed by atoms with Gasteiger partial charge in [0.25, 0.3) is 0 Å². The molecule has 1 aromatic carbocycles. The summed E-state index contributed by atoms with van der Waals surface area (Å²) >= 11 is 14.0. The zero-order valence-corrected chi connectivity index (χ0v) is 13.8. The van der Waals surface area contributed by atoms with Crippen molar-refractivity contribution in [2.75, 3.05) is 7.05 Å². The van der Waals surface area contributed by atoms with Gasteiger partial charge in [0.2, 0.25) is 0 Å². The van der Waals surface area contributed by atoms with E-state index in [-0.39, 0.29) is 6.04 Å². The van der Waals surface area contributed by atoms with Crippen LogP contribution in [0.4, 0.5) is 0 Å². The first-order valence-electron chi connectivity index (χ1n) is 6.61. The summed E-state index contributed by atoms with van der Waals surface area (Å²) in [6.07, 6.45) is 2.70. The van der Waals surface area contributed by atoms with E-state index in [9.17, 15) is 0 Å². The first-order chi connectivity index (χ1) is 10.2. The molecule has 2 nitrogen and oxygen atoms in total. The van der Waals surface area contributed by atoms with Gasteiger partial charge in [-0.15, -0.1) is 11.3 Å². The standard InChI is InChI=1S/C16H14Cl2N2S/c1-19-15(7-10-6-12(17)2-3-13(10)18)11-8-16-14(20-9-11)4-5-21-16/h2-6,8-9,15,19H,7H2,1H3. The molecule has 0 saturated carbocycles. The minimum absolute atomic E-state index is 0.153. The minimum Gasteiger partial charge on any atom is -0.313 e. The zero-order chi connectivity index (χ0) is 14.8. The highest BCUT2D eigenvalue weighted by Gasteiger charge is 2.14. The van der Waals surface area contributed by atoms with Crippen LogP contribution in [-0.4, -0.2) is 12.0 Å². The molecular weight excluding hydrogens is 323 g/mol. The van der Waals surface area contributed by atoms with Crippen LogP contribution in [-0.2, 0) is 6.42 Å². The molecule has 0 radical (unpaired) electrons. The van der Waals surface area contributed by atoms with Gasteiger partial charge in [0.05, 0.1) is 10.2 Å². The Labute approximate surface area is 137 Å². The molecule has 1 atom stereocenters. The fourth-order valence-corrected chi connectivity index (χ4v) is 3.54. The number of hydrogen-bond acceptors (Lipinski definition) is 3. The average molecular weight is 337 g/mol. The second kappa shape index (κ2) is 6.32. The Hall–Kier alpha value is -1.13. The summed E-state index contributed by atoms with van der Waals surface area (Å²) < 4.78 is 1.20. The molecule has 0 aliphatic carbocycles. The fraction of sp³-hybridized carbons (Fsp3) is 0.188. The van der Waals surface area contributed by atoms with Gasteiger partial charge >= 0.3 is 0 Å². The molecular formula is C16H14Cl2N2S. The quantitative estimate of drug-likeness (QED) is 0.716. The van der Waals surface area contributed by atoms with Crippen molar-refractivity contribution >= 4 is 44.8 Å². The van der Waals surface area contributed by atoms with Crippen molar-refractivity contribution < 1.29 is 0 Å². The summed E-state index contributed by atoms with van der Waals surface area (Å²) in [7, 11) is 1.95. The predicted molar refractivity (Wildman–Crippen MR) is 91.6 cm³/mol. The molecule has 0 spiro atoms. The van der Waals surface area contributed by atoms with Gasteiger partial charge in [0, 0.05) is 22.3 Å². The maximum absolute atomic E-state index is 6.26. The van der Waals surface area contributed by atoms with E-state index in [4.69, 9.17) is 23.2 Å². The molecule has 108 valence electrons. The van der Waals surface area contributed by atoms with E-state index in [1.807, 2.05) is 31.4 Å². The largest absolute Gasteiger partial charge is 0.313 e. The number of benzene rings is 1. The third kappa shape index (κ3) is 3.22. The molecule has 2 heterocycles. The van der Waals surface area contributed by atoms with E-state index in [2.05, 4.69) is 21.7 Å². The van der Waals surface area contributed by atoms with Crippen LogP contribution >= 0.6 is 34.5 Å². The minimum atomic E-state index is 0.153. The van der Waals surface area contributed by atoms with Crippen LogP contribution in [0.3, 0.4) is 0 Å². The molecule has 1 N–H and O–H groups in total. The van der Waals surface area contributed by atoms with Crippen LogP contribution in [0.5, 0.6) is 0 Å². The Kier molecular flexibility index (Phi) is 4.45. The third-order valence-corrected chi connectivity index (χ3v) is 4.96. The summed E-state index contributed by atoms with van der Waals surface area (Å²) in [5.74, 6) is 0. The predicted octanol–water partition coefficient (Wildman–Crippen LogP) is 5.11. The summed E-state index contributed by atoms with van der Waals surface area (Å²) in [4.78, 5) is 4.50. The molecule has 3 rings (SSSR count). The second-order valence-electron chi connectivity index (χ2n) is 4.85. The molecule has 1 unspecified atom stereocenters. The highest BCUT2D eigenvalue weighted by Crippen LogP contribution is 2.28. The van der Waals surface area contributed by atoms with Crippen LogP contribution in [0.1, 0.15) is 17.2 Å². The van der Waals surface area contributed by atoms with Gasteiger partial charge in [-0.3, -0.25) is 4.98 Å². The van der Waals surface area contributed by atoms with E-state index >= 15 is 0 Å². The van der Waals surface area contributed by atoms with E-state index in [1.54, 1.807) is 17.4 Å². The molecule has 0 amide bonds. The van der Waals surface area contributed by atoms with Gasteiger partial charge in [0.15, 0.2) is 0 Å². The number of rotatable bonds is 4. The molecule has 2 aromatic heterocycles. The molecule has 0 bridgehead atoms. The number of thiophene rings is 1. The van der Waals surface area contributed by atoms with Gasteiger partial charge in [0.1, 0.15) is 0 Å².